The lowest BCUT2D eigenvalue weighted by atomic mass is 9.76. The molecule has 0 aromatic heterocycles. The van der Waals surface area contributed by atoms with Crippen LogP contribution < -0.4 is 15.1 Å². The van der Waals surface area contributed by atoms with Crippen molar-refractivity contribution >= 4 is 46.6 Å². The number of hydrogen-bond acceptors (Lipinski definition) is 6. The number of nitrogens with zero attached hydrogens (tertiary/aromatic N) is 3. The fraction of sp³-hybridized carbons (Fsp3) is 0.385. The molecular formula is C26H25ClN4O5. The Morgan fingerprint density at radius 2 is 1.83 bits per heavy atom. The summed E-state index contributed by atoms with van der Waals surface area (Å²) in [5.74, 6) is -3.07. The van der Waals surface area contributed by atoms with Gasteiger partial charge in [0.25, 0.3) is 5.91 Å². The van der Waals surface area contributed by atoms with E-state index < -0.39 is 35.2 Å². The Bertz CT molecular complexity index is 1290. The van der Waals surface area contributed by atoms with Crippen molar-refractivity contribution in [3.8, 4) is 0 Å². The van der Waals surface area contributed by atoms with E-state index in [9.17, 15) is 19.2 Å². The Labute approximate surface area is 212 Å². The van der Waals surface area contributed by atoms with Gasteiger partial charge in [0.05, 0.1) is 30.7 Å². The second-order valence-electron chi connectivity index (χ2n) is 9.64. The van der Waals surface area contributed by atoms with E-state index in [2.05, 4.69) is 5.32 Å². The first-order valence-corrected chi connectivity index (χ1v) is 12.4. The van der Waals surface area contributed by atoms with E-state index in [0.717, 1.165) is 4.90 Å². The van der Waals surface area contributed by atoms with Crippen molar-refractivity contribution in [2.75, 3.05) is 42.6 Å². The van der Waals surface area contributed by atoms with Crippen LogP contribution in [0.25, 0.3) is 0 Å². The minimum Gasteiger partial charge on any atom is -0.378 e. The third kappa shape index (κ3) is 3.16. The van der Waals surface area contributed by atoms with Gasteiger partial charge in [-0.2, -0.15) is 0 Å². The van der Waals surface area contributed by atoms with Crippen molar-refractivity contribution in [3.63, 3.8) is 0 Å². The molecule has 4 heterocycles. The number of halogens is 1. The lowest BCUT2D eigenvalue weighted by molar-refractivity contribution is -0.136. The number of rotatable bonds is 3. The molecule has 1 spiro atoms. The molecule has 4 aliphatic rings. The molecule has 186 valence electrons. The van der Waals surface area contributed by atoms with Crippen LogP contribution in [-0.2, 0) is 29.5 Å². The summed E-state index contributed by atoms with van der Waals surface area (Å²) in [5.41, 5.74) is 0.128. The molecule has 0 aliphatic carbocycles. The molecule has 2 aromatic rings. The number of anilines is 2. The summed E-state index contributed by atoms with van der Waals surface area (Å²) in [5, 5.41) is 3.74. The molecule has 36 heavy (non-hydrogen) atoms. The maximum Gasteiger partial charge on any atom is 0.253 e. The topological polar surface area (TPSA) is 99.3 Å². The Balaban J connectivity index is 1.40. The molecule has 3 fully saturated rings. The molecule has 2 aromatic carbocycles. The zero-order valence-corrected chi connectivity index (χ0v) is 20.4. The number of benzene rings is 2. The van der Waals surface area contributed by atoms with Crippen LogP contribution in [-0.4, -0.2) is 67.4 Å². The van der Waals surface area contributed by atoms with Gasteiger partial charge in [-0.05, 0) is 31.2 Å². The fourth-order valence-corrected chi connectivity index (χ4v) is 6.37. The van der Waals surface area contributed by atoms with Crippen LogP contribution in [0.15, 0.2) is 48.5 Å². The van der Waals surface area contributed by atoms with Gasteiger partial charge in [-0.1, -0.05) is 35.9 Å². The highest BCUT2D eigenvalue weighted by molar-refractivity contribution is 6.31. The minimum atomic E-state index is -1.44. The van der Waals surface area contributed by atoms with Crippen LogP contribution >= 0.6 is 11.6 Å². The van der Waals surface area contributed by atoms with Crippen molar-refractivity contribution < 1.29 is 23.9 Å². The third-order valence-corrected chi connectivity index (χ3v) is 7.97. The van der Waals surface area contributed by atoms with Gasteiger partial charge >= 0.3 is 0 Å². The zero-order chi connectivity index (χ0) is 25.2. The van der Waals surface area contributed by atoms with Crippen LogP contribution in [0.4, 0.5) is 11.4 Å². The average molecular weight is 509 g/mol. The van der Waals surface area contributed by atoms with E-state index in [1.165, 1.54) is 4.90 Å². The van der Waals surface area contributed by atoms with Gasteiger partial charge in [0.2, 0.25) is 17.7 Å². The lowest BCUT2D eigenvalue weighted by Gasteiger charge is -2.31. The van der Waals surface area contributed by atoms with Crippen molar-refractivity contribution in [1.29, 1.82) is 0 Å². The Kier molecular flexibility index (Phi) is 5.40. The van der Waals surface area contributed by atoms with Crippen molar-refractivity contribution in [2.45, 2.75) is 18.5 Å². The Hall–Kier alpha value is -3.27. The summed E-state index contributed by atoms with van der Waals surface area (Å²) in [7, 11) is 0. The van der Waals surface area contributed by atoms with E-state index in [0.29, 0.717) is 48.3 Å². The molecule has 4 amide bonds. The van der Waals surface area contributed by atoms with Crippen molar-refractivity contribution in [2.24, 2.45) is 11.8 Å². The standard InChI is InChI=1S/C26H25ClN4O5/c1-15-21-22(24(34)31(23(21)33)17-6-4-5-16(27)13-17)26(28-15)18-7-2-3-8-19(18)30(25(26)35)14-20(32)29-9-11-36-12-10-29/h2-8,13,15,21-22,28H,9-12,14H2,1H3/t15-,21-,22-,26-/m0/s1. The fourth-order valence-electron chi connectivity index (χ4n) is 6.18. The van der Waals surface area contributed by atoms with Crippen LogP contribution in [0.5, 0.6) is 0 Å². The van der Waals surface area contributed by atoms with E-state index >= 15 is 0 Å². The van der Waals surface area contributed by atoms with Crippen molar-refractivity contribution in [1.82, 2.24) is 10.2 Å². The summed E-state index contributed by atoms with van der Waals surface area (Å²) >= 11 is 6.14. The van der Waals surface area contributed by atoms with Crippen LogP contribution in [0, 0.1) is 11.8 Å². The van der Waals surface area contributed by atoms with Crippen LogP contribution in [0.2, 0.25) is 5.02 Å². The summed E-state index contributed by atoms with van der Waals surface area (Å²) in [6.45, 7) is 3.52. The van der Waals surface area contributed by atoms with Gasteiger partial charge in [0.1, 0.15) is 12.1 Å². The van der Waals surface area contributed by atoms with Gasteiger partial charge in [0.15, 0.2) is 0 Å². The van der Waals surface area contributed by atoms with Gasteiger partial charge in [-0.3, -0.25) is 24.5 Å². The van der Waals surface area contributed by atoms with Gasteiger partial charge < -0.3 is 14.5 Å². The first kappa shape index (κ1) is 23.1. The molecule has 1 N–H and O–H groups in total. The Morgan fingerprint density at radius 1 is 1.08 bits per heavy atom. The average Bonchev–Trinajstić information content (AvgIpc) is 3.43. The molecule has 0 unspecified atom stereocenters. The molecule has 6 rings (SSSR count). The molecule has 9 nitrogen and oxygen atoms in total. The minimum absolute atomic E-state index is 0.148. The lowest BCUT2D eigenvalue weighted by Crippen LogP contribution is -2.56. The molecule has 4 atom stereocenters. The molecular weight excluding hydrogens is 484 g/mol. The summed E-state index contributed by atoms with van der Waals surface area (Å²) in [6, 6.07) is 13.3. The smallest absolute Gasteiger partial charge is 0.253 e. The number of nitrogens with one attached hydrogen (secondary N) is 1. The van der Waals surface area contributed by atoms with Gasteiger partial charge in [-0.15, -0.1) is 0 Å². The number of imide groups is 1. The number of carbonyl (C=O) groups is 4. The van der Waals surface area contributed by atoms with E-state index in [1.807, 2.05) is 6.92 Å². The second-order valence-corrected chi connectivity index (χ2v) is 10.1. The number of para-hydroxylation sites is 1. The summed E-state index contributed by atoms with van der Waals surface area (Å²) in [4.78, 5) is 59.1. The predicted molar refractivity (Wildman–Crippen MR) is 131 cm³/mol. The normalized spacial score (nSPS) is 29.3. The first-order chi connectivity index (χ1) is 17.3. The van der Waals surface area contributed by atoms with Gasteiger partial charge in [-0.25, -0.2) is 4.90 Å². The van der Waals surface area contributed by atoms with Crippen LogP contribution in [0.1, 0.15) is 12.5 Å². The van der Waals surface area contributed by atoms with Crippen LogP contribution in [0.3, 0.4) is 0 Å². The molecule has 0 saturated carbocycles. The highest BCUT2D eigenvalue weighted by atomic mass is 35.5. The maximum absolute atomic E-state index is 14.2. The Morgan fingerprint density at radius 3 is 2.58 bits per heavy atom. The second kappa shape index (κ2) is 8.40. The number of morpholine rings is 1. The summed E-state index contributed by atoms with van der Waals surface area (Å²) in [6.07, 6.45) is 0. The highest BCUT2D eigenvalue weighted by Crippen LogP contribution is 2.55. The zero-order valence-electron chi connectivity index (χ0n) is 19.6. The highest BCUT2D eigenvalue weighted by Gasteiger charge is 2.71. The van der Waals surface area contributed by atoms with E-state index in [-0.39, 0.29) is 18.4 Å². The molecule has 10 heteroatoms. The first-order valence-electron chi connectivity index (χ1n) is 12.0. The third-order valence-electron chi connectivity index (χ3n) is 7.74. The van der Waals surface area contributed by atoms with Gasteiger partial charge in [0, 0.05) is 35.4 Å². The number of carbonyl (C=O) groups excluding carboxylic acids is 4. The molecule has 0 bridgehead atoms. The quantitative estimate of drug-likeness (QED) is 0.631. The molecule has 3 saturated heterocycles. The predicted octanol–water partition coefficient (Wildman–Crippen LogP) is 1.54. The summed E-state index contributed by atoms with van der Waals surface area (Å²) < 4.78 is 5.34. The maximum atomic E-state index is 14.2. The molecule has 4 aliphatic heterocycles. The van der Waals surface area contributed by atoms with E-state index in [1.54, 1.807) is 53.4 Å². The molecule has 0 radical (unpaired) electrons. The number of fused-ring (bicyclic) bond motifs is 4. The van der Waals surface area contributed by atoms with Crippen molar-refractivity contribution in [3.05, 3.63) is 59.1 Å². The SMILES string of the molecule is C[C@@H]1N[C@]2(C(=O)N(CC(=O)N3CCOCC3)c3ccccc32)[C@@H]2C(=O)N(c3cccc(Cl)c3)C(=O)[C@@H]12. The largest absolute Gasteiger partial charge is 0.378 e. The van der Waals surface area contributed by atoms with E-state index in [4.69, 9.17) is 16.3 Å². The number of amides is 4. The number of hydrogen-bond donors (Lipinski definition) is 1. The number of ether oxygens (including phenoxy) is 1. The monoisotopic (exact) mass is 508 g/mol.